The molecule has 2 heterocycles. The van der Waals surface area contributed by atoms with Crippen LogP contribution in [0.3, 0.4) is 0 Å². The van der Waals surface area contributed by atoms with E-state index in [1.54, 1.807) is 10.9 Å². The van der Waals surface area contributed by atoms with E-state index in [0.29, 0.717) is 18.2 Å². The monoisotopic (exact) mass is 436 g/mol. The summed E-state index contributed by atoms with van der Waals surface area (Å²) in [7, 11) is 1.84. The van der Waals surface area contributed by atoms with Crippen LogP contribution < -0.4 is 10.2 Å². The van der Waals surface area contributed by atoms with E-state index in [2.05, 4.69) is 20.4 Å². The molecular weight excluding hydrogens is 412 g/mol. The molecule has 0 radical (unpaired) electrons. The predicted molar refractivity (Wildman–Crippen MR) is 121 cm³/mol. The van der Waals surface area contributed by atoms with Crippen LogP contribution >= 0.6 is 11.8 Å². The zero-order chi connectivity index (χ0) is 21.6. The van der Waals surface area contributed by atoms with Crippen molar-refractivity contribution in [1.29, 1.82) is 0 Å². The lowest BCUT2D eigenvalue weighted by Gasteiger charge is -2.36. The smallest absolute Gasteiger partial charge is 0.253 e. The maximum Gasteiger partial charge on any atom is 0.253 e. The number of thioether (sulfide) groups is 1. The summed E-state index contributed by atoms with van der Waals surface area (Å²) in [6, 6.07) is 17.2. The van der Waals surface area contributed by atoms with Crippen LogP contribution in [0.2, 0.25) is 0 Å². The van der Waals surface area contributed by atoms with Crippen LogP contribution in [-0.2, 0) is 11.8 Å². The molecule has 0 saturated carbocycles. The summed E-state index contributed by atoms with van der Waals surface area (Å²) >= 11 is 1.34. The molecule has 1 aliphatic rings. The molecule has 1 N–H and O–H groups in total. The number of rotatable bonds is 6. The largest absolute Gasteiger partial charge is 0.368 e. The van der Waals surface area contributed by atoms with Gasteiger partial charge in [0, 0.05) is 50.2 Å². The summed E-state index contributed by atoms with van der Waals surface area (Å²) in [5, 5.41) is 11.4. The van der Waals surface area contributed by atoms with Crippen molar-refractivity contribution in [3.05, 3.63) is 66.5 Å². The third-order valence-electron chi connectivity index (χ3n) is 5.11. The first-order valence-corrected chi connectivity index (χ1v) is 11.0. The molecule has 0 aliphatic carbocycles. The Bertz CT molecular complexity index is 1030. The van der Waals surface area contributed by atoms with Crippen molar-refractivity contribution >= 4 is 35.0 Å². The van der Waals surface area contributed by atoms with Crippen molar-refractivity contribution in [3.63, 3.8) is 0 Å². The van der Waals surface area contributed by atoms with Gasteiger partial charge >= 0.3 is 0 Å². The molecule has 0 spiro atoms. The molecule has 1 aromatic heterocycles. The van der Waals surface area contributed by atoms with E-state index >= 15 is 0 Å². The van der Waals surface area contributed by atoms with Gasteiger partial charge in [-0.3, -0.25) is 9.59 Å². The molecule has 0 bridgehead atoms. The first-order chi connectivity index (χ1) is 15.1. The number of hydrogen-bond acceptors (Lipinski definition) is 6. The van der Waals surface area contributed by atoms with Crippen LogP contribution in [0.4, 0.5) is 11.4 Å². The highest BCUT2D eigenvalue weighted by molar-refractivity contribution is 7.99. The quantitative estimate of drug-likeness (QED) is 0.598. The van der Waals surface area contributed by atoms with Gasteiger partial charge in [-0.2, -0.15) is 0 Å². The van der Waals surface area contributed by atoms with Crippen molar-refractivity contribution in [1.82, 2.24) is 19.7 Å². The van der Waals surface area contributed by atoms with Crippen molar-refractivity contribution in [2.45, 2.75) is 5.16 Å². The third kappa shape index (κ3) is 5.24. The number of aromatic nitrogens is 3. The normalized spacial score (nSPS) is 13.8. The molecule has 160 valence electrons. The zero-order valence-electron chi connectivity index (χ0n) is 17.3. The van der Waals surface area contributed by atoms with Gasteiger partial charge < -0.3 is 19.7 Å². The van der Waals surface area contributed by atoms with Gasteiger partial charge in [-0.1, -0.05) is 30.0 Å². The van der Waals surface area contributed by atoms with Gasteiger partial charge in [0.05, 0.1) is 5.75 Å². The molecule has 1 saturated heterocycles. The maximum absolute atomic E-state index is 12.6. The van der Waals surface area contributed by atoms with E-state index in [1.807, 2.05) is 66.5 Å². The lowest BCUT2D eigenvalue weighted by Crippen LogP contribution is -2.48. The maximum atomic E-state index is 12.6. The molecule has 2 aromatic carbocycles. The lowest BCUT2D eigenvalue weighted by molar-refractivity contribution is -0.113. The molecule has 0 atom stereocenters. The number of carbonyl (C=O) groups excluding carboxylic acids is 2. The Morgan fingerprint density at radius 2 is 1.71 bits per heavy atom. The highest BCUT2D eigenvalue weighted by Gasteiger charge is 2.22. The van der Waals surface area contributed by atoms with E-state index < -0.39 is 0 Å². The Hall–Kier alpha value is -3.33. The highest BCUT2D eigenvalue weighted by Crippen LogP contribution is 2.21. The topological polar surface area (TPSA) is 83.4 Å². The Morgan fingerprint density at radius 3 is 2.35 bits per heavy atom. The summed E-state index contributed by atoms with van der Waals surface area (Å²) in [6.45, 7) is 2.92. The molecule has 9 heteroatoms. The number of nitrogens with zero attached hydrogens (tertiary/aromatic N) is 5. The van der Waals surface area contributed by atoms with E-state index in [0.717, 1.165) is 30.0 Å². The van der Waals surface area contributed by atoms with Crippen LogP contribution in [-0.4, -0.2) is 63.4 Å². The number of carbonyl (C=O) groups is 2. The second-order valence-electron chi connectivity index (χ2n) is 7.25. The highest BCUT2D eigenvalue weighted by atomic mass is 32.2. The van der Waals surface area contributed by atoms with Crippen molar-refractivity contribution < 1.29 is 9.59 Å². The lowest BCUT2D eigenvalue weighted by atomic mass is 10.1. The number of anilines is 2. The fourth-order valence-electron chi connectivity index (χ4n) is 3.42. The van der Waals surface area contributed by atoms with Crippen LogP contribution in [0, 0.1) is 0 Å². The standard InChI is InChI=1S/C22H24N6O2S/c1-26-16-23-25-22(26)31-15-20(29)24-18-7-9-19(10-8-18)27-11-13-28(14-12-27)21(30)17-5-3-2-4-6-17/h2-10,16H,11-15H2,1H3,(H,24,29). The van der Waals surface area contributed by atoms with Gasteiger partial charge in [0.15, 0.2) is 5.16 Å². The molecule has 31 heavy (non-hydrogen) atoms. The molecule has 4 rings (SSSR count). The summed E-state index contributed by atoms with van der Waals surface area (Å²) in [4.78, 5) is 28.9. The fourth-order valence-corrected chi connectivity index (χ4v) is 4.11. The number of hydrogen-bond donors (Lipinski definition) is 1. The minimum Gasteiger partial charge on any atom is -0.368 e. The van der Waals surface area contributed by atoms with E-state index in [4.69, 9.17) is 0 Å². The summed E-state index contributed by atoms with van der Waals surface area (Å²) in [6.07, 6.45) is 1.61. The number of nitrogens with one attached hydrogen (secondary N) is 1. The van der Waals surface area contributed by atoms with Gasteiger partial charge in [-0.15, -0.1) is 10.2 Å². The van der Waals surface area contributed by atoms with Crippen molar-refractivity contribution in [3.8, 4) is 0 Å². The second-order valence-corrected chi connectivity index (χ2v) is 8.20. The Morgan fingerprint density at radius 1 is 1.00 bits per heavy atom. The van der Waals surface area contributed by atoms with Crippen molar-refractivity contribution in [2.24, 2.45) is 7.05 Å². The van der Waals surface area contributed by atoms with Crippen LogP contribution in [0.25, 0.3) is 0 Å². The second kappa shape index (κ2) is 9.65. The van der Waals surface area contributed by atoms with Gasteiger partial charge in [0.1, 0.15) is 6.33 Å². The number of amides is 2. The minimum atomic E-state index is -0.0891. The minimum absolute atomic E-state index is 0.0810. The first-order valence-electron chi connectivity index (χ1n) is 10.1. The molecule has 0 unspecified atom stereocenters. The van der Waals surface area contributed by atoms with Crippen LogP contribution in [0.1, 0.15) is 10.4 Å². The average Bonchev–Trinajstić information content (AvgIpc) is 3.23. The molecule has 8 nitrogen and oxygen atoms in total. The summed E-state index contributed by atoms with van der Waals surface area (Å²) in [5.41, 5.74) is 2.57. The molecule has 2 amide bonds. The van der Waals surface area contributed by atoms with E-state index in [9.17, 15) is 9.59 Å². The van der Waals surface area contributed by atoms with Crippen molar-refractivity contribution in [2.75, 3.05) is 42.1 Å². The number of aryl methyl sites for hydroxylation is 1. The average molecular weight is 437 g/mol. The Labute approximate surface area is 185 Å². The van der Waals surface area contributed by atoms with E-state index in [-0.39, 0.29) is 17.6 Å². The molecule has 3 aromatic rings. The van der Waals surface area contributed by atoms with Gasteiger partial charge in [-0.25, -0.2) is 0 Å². The van der Waals surface area contributed by atoms with Gasteiger partial charge in [0.2, 0.25) is 5.91 Å². The first kappa shape index (κ1) is 20.9. The van der Waals surface area contributed by atoms with E-state index in [1.165, 1.54) is 11.8 Å². The van der Waals surface area contributed by atoms with Gasteiger partial charge in [-0.05, 0) is 36.4 Å². The Kier molecular flexibility index (Phi) is 6.51. The molecule has 1 fully saturated rings. The number of piperazine rings is 1. The Balaban J connectivity index is 1.26. The zero-order valence-corrected chi connectivity index (χ0v) is 18.1. The number of benzene rings is 2. The fraction of sp³-hybridized carbons (Fsp3) is 0.273. The van der Waals surface area contributed by atoms with Crippen LogP contribution in [0.5, 0.6) is 0 Å². The summed E-state index contributed by atoms with van der Waals surface area (Å²) in [5.74, 6) is 0.261. The van der Waals surface area contributed by atoms with Gasteiger partial charge in [0.25, 0.3) is 5.91 Å². The van der Waals surface area contributed by atoms with Crippen LogP contribution in [0.15, 0.2) is 66.1 Å². The molecular formula is C22H24N6O2S. The molecule has 1 aliphatic heterocycles. The summed E-state index contributed by atoms with van der Waals surface area (Å²) < 4.78 is 1.78. The SMILES string of the molecule is Cn1cnnc1SCC(=O)Nc1ccc(N2CCN(C(=O)c3ccccc3)CC2)cc1. The predicted octanol–water partition coefficient (Wildman–Crippen LogP) is 2.51. The third-order valence-corrected chi connectivity index (χ3v) is 6.14.